The fraction of sp³-hybridized carbons (Fsp3) is 0.706. The Balaban J connectivity index is 1.52. The van der Waals surface area contributed by atoms with Gasteiger partial charge in [0.25, 0.3) is 10.0 Å². The Hall–Kier alpha value is -0.670. The summed E-state index contributed by atoms with van der Waals surface area (Å²) >= 11 is 6.99. The van der Waals surface area contributed by atoms with Crippen molar-refractivity contribution in [3.8, 4) is 0 Å². The van der Waals surface area contributed by atoms with E-state index in [1.54, 1.807) is 12.1 Å². The Bertz CT molecular complexity index is 771. The molecule has 2 saturated heterocycles. The molecule has 2 aliphatic heterocycles. The van der Waals surface area contributed by atoms with Crippen LogP contribution < -0.4 is 0 Å². The van der Waals surface area contributed by atoms with Gasteiger partial charge in [0.15, 0.2) is 0 Å². The van der Waals surface area contributed by atoms with Crippen molar-refractivity contribution in [3.05, 3.63) is 16.5 Å². The van der Waals surface area contributed by atoms with Crippen LogP contribution in [0.5, 0.6) is 0 Å². The fourth-order valence-corrected chi connectivity index (χ4v) is 7.01. The first kappa shape index (κ1) is 18.7. The Morgan fingerprint density at radius 1 is 1.15 bits per heavy atom. The highest BCUT2D eigenvalue weighted by molar-refractivity contribution is 7.91. The predicted octanol–water partition coefficient (Wildman–Crippen LogP) is 2.58. The van der Waals surface area contributed by atoms with E-state index in [1.807, 2.05) is 4.90 Å². The minimum Gasteiger partial charge on any atom is -0.381 e. The van der Waals surface area contributed by atoms with Crippen LogP contribution in [0, 0.1) is 5.92 Å². The maximum atomic E-state index is 12.9. The van der Waals surface area contributed by atoms with Gasteiger partial charge >= 0.3 is 0 Å². The van der Waals surface area contributed by atoms with Crippen LogP contribution in [0.15, 0.2) is 16.3 Å². The summed E-state index contributed by atoms with van der Waals surface area (Å²) in [6.45, 7) is 2.15. The predicted molar refractivity (Wildman–Crippen MR) is 99.9 cm³/mol. The summed E-state index contributed by atoms with van der Waals surface area (Å²) in [5.74, 6) is 0.347. The lowest BCUT2D eigenvalue weighted by atomic mass is 10.0. The maximum absolute atomic E-state index is 12.9. The molecule has 1 atom stereocenters. The van der Waals surface area contributed by atoms with Crippen molar-refractivity contribution in [2.45, 2.75) is 48.4 Å². The van der Waals surface area contributed by atoms with Crippen molar-refractivity contribution in [3.63, 3.8) is 0 Å². The number of hydrogen-bond donors (Lipinski definition) is 0. The molecule has 26 heavy (non-hydrogen) atoms. The van der Waals surface area contributed by atoms with E-state index >= 15 is 0 Å². The number of amides is 1. The number of carbonyl (C=O) groups excluding carboxylic acids is 1. The molecule has 3 heterocycles. The quantitative estimate of drug-likeness (QED) is 0.737. The normalized spacial score (nSPS) is 25.5. The summed E-state index contributed by atoms with van der Waals surface area (Å²) in [6, 6.07) is 3.29. The molecule has 1 aliphatic carbocycles. The molecule has 1 unspecified atom stereocenters. The maximum Gasteiger partial charge on any atom is 0.252 e. The lowest BCUT2D eigenvalue weighted by Crippen LogP contribution is -2.51. The number of sulfonamides is 1. The molecular formula is C17H23ClN2O4S2. The van der Waals surface area contributed by atoms with Crippen molar-refractivity contribution in [1.82, 2.24) is 9.21 Å². The molecular weight excluding hydrogens is 396 g/mol. The molecule has 0 aromatic carbocycles. The van der Waals surface area contributed by atoms with Crippen LogP contribution in [0.25, 0.3) is 0 Å². The van der Waals surface area contributed by atoms with Crippen LogP contribution >= 0.6 is 22.9 Å². The Morgan fingerprint density at radius 3 is 2.50 bits per heavy atom. The van der Waals surface area contributed by atoms with Crippen molar-refractivity contribution in [1.29, 1.82) is 0 Å². The molecule has 0 spiro atoms. The average Bonchev–Trinajstić information content (AvgIpc) is 3.20. The van der Waals surface area contributed by atoms with E-state index in [1.165, 1.54) is 4.31 Å². The van der Waals surface area contributed by atoms with Crippen LogP contribution in [0.3, 0.4) is 0 Å². The second-order valence-corrected chi connectivity index (χ2v) is 11.1. The Morgan fingerprint density at radius 2 is 1.88 bits per heavy atom. The number of hydrogen-bond acceptors (Lipinski definition) is 5. The highest BCUT2D eigenvalue weighted by Crippen LogP contribution is 2.36. The third-order valence-electron chi connectivity index (χ3n) is 5.43. The van der Waals surface area contributed by atoms with Crippen LogP contribution in [-0.2, 0) is 19.6 Å². The Labute approximate surface area is 163 Å². The van der Waals surface area contributed by atoms with Gasteiger partial charge in [0.05, 0.1) is 4.34 Å². The van der Waals surface area contributed by atoms with Gasteiger partial charge in [-0.15, -0.1) is 11.3 Å². The lowest BCUT2D eigenvalue weighted by Gasteiger charge is -2.38. The van der Waals surface area contributed by atoms with Gasteiger partial charge in [0, 0.05) is 44.3 Å². The van der Waals surface area contributed by atoms with Crippen LogP contribution in [0.1, 0.15) is 32.1 Å². The number of rotatable bonds is 5. The third-order valence-corrected chi connectivity index (χ3v) is 8.99. The first-order chi connectivity index (χ1) is 12.5. The molecule has 3 aliphatic rings. The standard InChI is InChI=1S/C17H23ClN2O4S2/c18-15-3-4-16(25-15)26(22,23)19-8-5-14(11-19)20(17(21)12-1-2-12)13-6-9-24-10-7-13/h3-4,12-14H,1-2,5-11H2. The van der Waals surface area contributed by atoms with E-state index < -0.39 is 10.0 Å². The Kier molecular flexibility index (Phi) is 5.31. The first-order valence-electron chi connectivity index (χ1n) is 9.12. The molecule has 1 amide bonds. The minimum absolute atomic E-state index is 0.0450. The zero-order chi connectivity index (χ0) is 18.3. The van der Waals surface area contributed by atoms with E-state index in [9.17, 15) is 13.2 Å². The summed E-state index contributed by atoms with van der Waals surface area (Å²) in [5, 5.41) is 0. The SMILES string of the molecule is O=C(C1CC1)N(C1CCOCC1)C1CCN(S(=O)(=O)c2ccc(Cl)s2)C1. The van der Waals surface area contributed by atoms with Gasteiger partial charge < -0.3 is 9.64 Å². The molecule has 4 rings (SSSR count). The smallest absolute Gasteiger partial charge is 0.252 e. The molecule has 9 heteroatoms. The van der Waals surface area contributed by atoms with Crippen molar-refractivity contribution in [2.24, 2.45) is 5.92 Å². The van der Waals surface area contributed by atoms with E-state index in [0.29, 0.717) is 37.1 Å². The van der Waals surface area contributed by atoms with Gasteiger partial charge in [-0.1, -0.05) is 11.6 Å². The molecule has 144 valence electrons. The number of carbonyl (C=O) groups is 1. The molecule has 1 saturated carbocycles. The topological polar surface area (TPSA) is 66.9 Å². The number of thiophene rings is 1. The monoisotopic (exact) mass is 418 g/mol. The molecule has 0 N–H and O–H groups in total. The highest BCUT2D eigenvalue weighted by Gasteiger charge is 2.44. The van der Waals surface area contributed by atoms with Gasteiger partial charge in [0.1, 0.15) is 4.21 Å². The minimum atomic E-state index is -3.54. The molecule has 6 nitrogen and oxygen atoms in total. The van der Waals surface area contributed by atoms with E-state index in [2.05, 4.69) is 0 Å². The number of nitrogens with zero attached hydrogens (tertiary/aromatic N) is 2. The van der Waals surface area contributed by atoms with Crippen LogP contribution in [0.4, 0.5) is 0 Å². The molecule has 1 aromatic heterocycles. The number of halogens is 1. The average molecular weight is 419 g/mol. The zero-order valence-corrected chi connectivity index (χ0v) is 16.9. The molecule has 0 radical (unpaired) electrons. The fourth-order valence-electron chi connectivity index (χ4n) is 3.88. The second kappa shape index (κ2) is 7.39. The van der Waals surface area contributed by atoms with Crippen molar-refractivity contribution in [2.75, 3.05) is 26.3 Å². The van der Waals surface area contributed by atoms with Crippen molar-refractivity contribution >= 4 is 38.9 Å². The largest absolute Gasteiger partial charge is 0.381 e. The second-order valence-electron chi connectivity index (χ2n) is 7.23. The van der Waals surface area contributed by atoms with Crippen LogP contribution in [0.2, 0.25) is 4.34 Å². The summed E-state index contributed by atoms with van der Waals surface area (Å²) in [4.78, 5) is 14.9. The molecule has 3 fully saturated rings. The van der Waals surface area contributed by atoms with Crippen LogP contribution in [-0.4, -0.2) is 61.9 Å². The third kappa shape index (κ3) is 3.67. The van der Waals surface area contributed by atoms with Crippen molar-refractivity contribution < 1.29 is 17.9 Å². The number of ether oxygens (including phenoxy) is 1. The van der Waals surface area contributed by atoms with E-state index in [-0.39, 0.29) is 28.1 Å². The van der Waals surface area contributed by atoms with Gasteiger partial charge in [-0.3, -0.25) is 4.79 Å². The summed E-state index contributed by atoms with van der Waals surface area (Å²) in [6.07, 6.45) is 4.28. The summed E-state index contributed by atoms with van der Waals surface area (Å²) in [7, 11) is -3.54. The van der Waals surface area contributed by atoms with Gasteiger partial charge in [-0.05, 0) is 44.2 Å². The van der Waals surface area contributed by atoms with Gasteiger partial charge in [-0.2, -0.15) is 4.31 Å². The zero-order valence-electron chi connectivity index (χ0n) is 14.5. The van der Waals surface area contributed by atoms with Gasteiger partial charge in [0.2, 0.25) is 5.91 Å². The van der Waals surface area contributed by atoms with Gasteiger partial charge in [-0.25, -0.2) is 8.42 Å². The first-order valence-corrected chi connectivity index (χ1v) is 11.8. The van der Waals surface area contributed by atoms with E-state index in [4.69, 9.17) is 16.3 Å². The van der Waals surface area contributed by atoms with E-state index in [0.717, 1.165) is 37.0 Å². The highest BCUT2D eigenvalue weighted by atomic mass is 35.5. The summed E-state index contributed by atoms with van der Waals surface area (Å²) in [5.41, 5.74) is 0. The summed E-state index contributed by atoms with van der Waals surface area (Å²) < 4.78 is 33.4. The molecule has 1 aromatic rings. The molecule has 0 bridgehead atoms. The lowest BCUT2D eigenvalue weighted by molar-refractivity contribution is -0.139.